The van der Waals surface area contributed by atoms with E-state index < -0.39 is 10.0 Å². The van der Waals surface area contributed by atoms with E-state index >= 15 is 0 Å². The van der Waals surface area contributed by atoms with Gasteiger partial charge in [0.2, 0.25) is 10.0 Å². The van der Waals surface area contributed by atoms with Crippen LogP contribution in [0.25, 0.3) is 10.4 Å². The Bertz CT molecular complexity index is 1030. The quantitative estimate of drug-likeness (QED) is 0.723. The Kier molecular flexibility index (Phi) is 5.22. The van der Waals surface area contributed by atoms with Gasteiger partial charge in [-0.1, -0.05) is 30.3 Å². The van der Waals surface area contributed by atoms with Gasteiger partial charge in [-0.05, 0) is 35.7 Å². The third-order valence-electron chi connectivity index (χ3n) is 3.84. The first-order chi connectivity index (χ1) is 12.4. The predicted molar refractivity (Wildman–Crippen MR) is 105 cm³/mol. The third-order valence-corrected chi connectivity index (χ3v) is 6.55. The second kappa shape index (κ2) is 7.41. The number of thiophene rings is 1. The van der Waals surface area contributed by atoms with Crippen LogP contribution in [0, 0.1) is 0 Å². The summed E-state index contributed by atoms with van der Waals surface area (Å²) < 4.78 is 25.7. The summed E-state index contributed by atoms with van der Waals surface area (Å²) >= 11 is 1.59. The minimum atomic E-state index is -3.59. The van der Waals surface area contributed by atoms with Crippen LogP contribution in [0.4, 0.5) is 5.69 Å². The Balaban J connectivity index is 1.91. The molecule has 1 amide bonds. The first-order valence-electron chi connectivity index (χ1n) is 7.86. The molecule has 7 heteroatoms. The molecule has 26 heavy (non-hydrogen) atoms. The van der Waals surface area contributed by atoms with Crippen molar-refractivity contribution >= 4 is 33.0 Å². The second-order valence-corrected chi connectivity index (χ2v) is 8.89. The average Bonchev–Trinajstić information content (AvgIpc) is 3.16. The Morgan fingerprint density at radius 3 is 2.46 bits per heavy atom. The molecule has 3 rings (SSSR count). The number of benzene rings is 2. The van der Waals surface area contributed by atoms with Gasteiger partial charge in [-0.15, -0.1) is 11.3 Å². The molecule has 0 radical (unpaired) electrons. The number of sulfonamides is 1. The second-order valence-electron chi connectivity index (χ2n) is 5.79. The van der Waals surface area contributed by atoms with Crippen LogP contribution in [0.5, 0.6) is 0 Å². The van der Waals surface area contributed by atoms with Crippen LogP contribution in [0.2, 0.25) is 0 Å². The van der Waals surface area contributed by atoms with Gasteiger partial charge in [0.15, 0.2) is 0 Å². The van der Waals surface area contributed by atoms with Gasteiger partial charge in [0.25, 0.3) is 5.91 Å². The zero-order chi connectivity index (χ0) is 18.7. The number of hydrogen-bond acceptors (Lipinski definition) is 4. The number of rotatable bonds is 5. The number of anilines is 1. The minimum Gasteiger partial charge on any atom is -0.321 e. The lowest BCUT2D eigenvalue weighted by atomic mass is 10.1. The molecule has 0 fully saturated rings. The molecule has 134 valence electrons. The lowest BCUT2D eigenvalue weighted by Gasteiger charge is -2.13. The Morgan fingerprint density at radius 2 is 1.77 bits per heavy atom. The van der Waals surface area contributed by atoms with E-state index in [1.807, 2.05) is 41.8 Å². The molecule has 0 bridgehead atoms. The van der Waals surface area contributed by atoms with E-state index in [-0.39, 0.29) is 16.4 Å². The Hall–Kier alpha value is -2.48. The van der Waals surface area contributed by atoms with Crippen LogP contribution < -0.4 is 5.32 Å². The molecule has 2 aromatic carbocycles. The molecule has 0 atom stereocenters. The van der Waals surface area contributed by atoms with E-state index in [0.717, 1.165) is 14.7 Å². The number of carbonyl (C=O) groups excluding carboxylic acids is 1. The van der Waals surface area contributed by atoms with Crippen molar-refractivity contribution in [1.29, 1.82) is 0 Å². The number of hydrogen-bond donors (Lipinski definition) is 1. The molecular weight excluding hydrogens is 368 g/mol. The first-order valence-corrected chi connectivity index (χ1v) is 10.2. The number of nitrogens with one attached hydrogen (secondary N) is 1. The van der Waals surface area contributed by atoms with Gasteiger partial charge in [-0.25, -0.2) is 12.7 Å². The van der Waals surface area contributed by atoms with E-state index in [0.29, 0.717) is 5.69 Å². The third kappa shape index (κ3) is 3.70. The fraction of sp³-hybridized carbons (Fsp3) is 0.105. The molecule has 0 saturated heterocycles. The average molecular weight is 386 g/mol. The zero-order valence-corrected chi connectivity index (χ0v) is 16.0. The fourth-order valence-corrected chi connectivity index (χ4v) is 4.16. The summed E-state index contributed by atoms with van der Waals surface area (Å²) in [6.07, 6.45) is 0. The maximum atomic E-state index is 12.7. The molecule has 1 N–H and O–H groups in total. The van der Waals surface area contributed by atoms with Crippen molar-refractivity contribution in [1.82, 2.24) is 4.31 Å². The van der Waals surface area contributed by atoms with Crippen molar-refractivity contribution in [2.24, 2.45) is 0 Å². The van der Waals surface area contributed by atoms with E-state index in [1.165, 1.54) is 26.2 Å². The molecule has 5 nitrogen and oxygen atoms in total. The Morgan fingerprint density at radius 1 is 1.00 bits per heavy atom. The van der Waals surface area contributed by atoms with E-state index in [4.69, 9.17) is 0 Å². The number of amides is 1. The largest absolute Gasteiger partial charge is 0.321 e. The summed E-state index contributed by atoms with van der Waals surface area (Å²) in [6, 6.07) is 17.5. The highest BCUT2D eigenvalue weighted by molar-refractivity contribution is 7.89. The number of carbonyl (C=O) groups is 1. The molecule has 0 aliphatic heterocycles. The molecule has 3 aromatic rings. The highest BCUT2D eigenvalue weighted by Gasteiger charge is 2.19. The molecule has 0 aliphatic carbocycles. The molecule has 1 aromatic heterocycles. The van der Waals surface area contributed by atoms with E-state index in [1.54, 1.807) is 23.5 Å². The highest BCUT2D eigenvalue weighted by Crippen LogP contribution is 2.31. The summed E-state index contributed by atoms with van der Waals surface area (Å²) in [5, 5.41) is 4.86. The van der Waals surface area contributed by atoms with Gasteiger partial charge in [-0.3, -0.25) is 4.79 Å². The fourth-order valence-electron chi connectivity index (χ4n) is 2.44. The highest BCUT2D eigenvalue weighted by atomic mass is 32.2. The standard InChI is InChI=1S/C19H18N2O3S2/c1-21(2)26(23,24)15-8-5-7-14(13-15)19(22)20-17-10-4-3-9-16(17)18-11-6-12-25-18/h3-13H,1-2H3,(H,20,22). The molecule has 0 unspecified atom stereocenters. The van der Waals surface area contributed by atoms with Gasteiger partial charge in [0.1, 0.15) is 0 Å². The van der Waals surface area contributed by atoms with Crippen molar-refractivity contribution in [3.63, 3.8) is 0 Å². The summed E-state index contributed by atoms with van der Waals surface area (Å²) in [5.74, 6) is -0.357. The summed E-state index contributed by atoms with van der Waals surface area (Å²) in [4.78, 5) is 13.8. The summed E-state index contributed by atoms with van der Waals surface area (Å²) in [6.45, 7) is 0. The summed E-state index contributed by atoms with van der Waals surface area (Å²) in [7, 11) is -0.679. The van der Waals surface area contributed by atoms with Crippen LogP contribution in [0.15, 0.2) is 70.9 Å². The minimum absolute atomic E-state index is 0.0849. The van der Waals surface area contributed by atoms with Crippen molar-refractivity contribution < 1.29 is 13.2 Å². The van der Waals surface area contributed by atoms with Crippen molar-refractivity contribution in [2.45, 2.75) is 4.90 Å². The lowest BCUT2D eigenvalue weighted by Crippen LogP contribution is -2.22. The van der Waals surface area contributed by atoms with E-state index in [9.17, 15) is 13.2 Å². The van der Waals surface area contributed by atoms with Gasteiger partial charge < -0.3 is 5.32 Å². The monoisotopic (exact) mass is 386 g/mol. The van der Waals surface area contributed by atoms with E-state index in [2.05, 4.69) is 5.32 Å². The Labute approximate surface area is 157 Å². The number of para-hydroxylation sites is 1. The van der Waals surface area contributed by atoms with Crippen molar-refractivity contribution in [3.05, 3.63) is 71.6 Å². The first kappa shape index (κ1) is 18.3. The molecule has 0 spiro atoms. The predicted octanol–water partition coefficient (Wildman–Crippen LogP) is 3.92. The van der Waals surface area contributed by atoms with Gasteiger partial charge in [0.05, 0.1) is 4.90 Å². The topological polar surface area (TPSA) is 66.5 Å². The van der Waals surface area contributed by atoms with Crippen LogP contribution in [-0.4, -0.2) is 32.7 Å². The summed E-state index contributed by atoms with van der Waals surface area (Å²) in [5.41, 5.74) is 1.89. The molecule has 0 aliphatic rings. The smallest absolute Gasteiger partial charge is 0.255 e. The van der Waals surface area contributed by atoms with Gasteiger partial charge >= 0.3 is 0 Å². The SMILES string of the molecule is CN(C)S(=O)(=O)c1cccc(C(=O)Nc2ccccc2-c2cccs2)c1. The molecular formula is C19H18N2O3S2. The van der Waals surface area contributed by atoms with Crippen LogP contribution in [-0.2, 0) is 10.0 Å². The zero-order valence-electron chi connectivity index (χ0n) is 14.3. The lowest BCUT2D eigenvalue weighted by molar-refractivity contribution is 0.102. The van der Waals surface area contributed by atoms with Crippen molar-refractivity contribution in [3.8, 4) is 10.4 Å². The van der Waals surface area contributed by atoms with Gasteiger partial charge in [-0.2, -0.15) is 0 Å². The van der Waals surface area contributed by atoms with Crippen LogP contribution in [0.3, 0.4) is 0 Å². The normalized spacial score (nSPS) is 11.5. The molecule has 0 saturated carbocycles. The maximum Gasteiger partial charge on any atom is 0.255 e. The van der Waals surface area contributed by atoms with Crippen LogP contribution in [0.1, 0.15) is 10.4 Å². The van der Waals surface area contributed by atoms with Gasteiger partial charge in [0, 0.05) is 35.8 Å². The van der Waals surface area contributed by atoms with Crippen LogP contribution >= 0.6 is 11.3 Å². The maximum absolute atomic E-state index is 12.7. The number of nitrogens with zero attached hydrogens (tertiary/aromatic N) is 1. The van der Waals surface area contributed by atoms with Crippen molar-refractivity contribution in [2.75, 3.05) is 19.4 Å². The molecule has 1 heterocycles.